The van der Waals surface area contributed by atoms with Gasteiger partial charge in [0.1, 0.15) is 11.5 Å². The fourth-order valence-electron chi connectivity index (χ4n) is 4.10. The van der Waals surface area contributed by atoms with Crippen molar-refractivity contribution in [2.24, 2.45) is 0 Å². The number of para-hydroxylation sites is 1. The lowest BCUT2D eigenvalue weighted by Gasteiger charge is -2.34. The largest absolute Gasteiger partial charge is 0.490 e. The van der Waals surface area contributed by atoms with Crippen molar-refractivity contribution in [3.63, 3.8) is 0 Å². The number of carbonyl (C=O) groups excluding carboxylic acids is 1. The molecule has 3 aromatic carbocycles. The van der Waals surface area contributed by atoms with Gasteiger partial charge in [-0.2, -0.15) is 26.3 Å². The molecular weight excluding hydrogens is 586 g/mol. The van der Waals surface area contributed by atoms with Gasteiger partial charge in [-0.25, -0.2) is 9.59 Å². The number of aliphatic carboxylic acids is 1. The predicted molar refractivity (Wildman–Crippen MR) is 142 cm³/mol. The van der Waals surface area contributed by atoms with Crippen molar-refractivity contribution < 1.29 is 50.3 Å². The molecule has 1 saturated heterocycles. The van der Waals surface area contributed by atoms with Crippen molar-refractivity contribution in [3.8, 4) is 11.5 Å². The highest BCUT2D eigenvalue weighted by Gasteiger charge is 2.38. The molecule has 0 spiro atoms. The van der Waals surface area contributed by atoms with Crippen LogP contribution in [-0.4, -0.2) is 64.4 Å². The van der Waals surface area contributed by atoms with Crippen LogP contribution in [0.1, 0.15) is 11.1 Å². The number of rotatable bonds is 5. The summed E-state index contributed by atoms with van der Waals surface area (Å²) in [6.45, 7) is 3.06. The van der Waals surface area contributed by atoms with Gasteiger partial charge in [-0.3, -0.25) is 10.2 Å². The first-order valence-corrected chi connectivity index (χ1v) is 12.7. The van der Waals surface area contributed by atoms with Crippen molar-refractivity contribution in [1.82, 2.24) is 15.0 Å². The molecule has 0 bridgehead atoms. The fraction of sp³-hybridized carbons (Fsp3) is 0.250. The van der Waals surface area contributed by atoms with Crippen molar-refractivity contribution in [2.75, 3.05) is 31.5 Å². The van der Waals surface area contributed by atoms with Crippen molar-refractivity contribution >= 4 is 28.8 Å². The molecule has 2 amide bonds. The molecule has 0 unspecified atom stereocenters. The number of halogens is 6. The zero-order valence-corrected chi connectivity index (χ0v) is 22.2. The van der Waals surface area contributed by atoms with Gasteiger partial charge in [0.2, 0.25) is 0 Å². The average molecular weight is 611 g/mol. The normalized spacial score (nSPS) is 14.1. The van der Waals surface area contributed by atoms with Gasteiger partial charge in [-0.1, -0.05) is 35.5 Å². The van der Waals surface area contributed by atoms with E-state index in [0.717, 1.165) is 23.1 Å². The number of hydrogen-bond acceptors (Lipinski definition) is 6. The highest BCUT2D eigenvalue weighted by atomic mass is 19.4. The molecule has 0 atom stereocenters. The maximum atomic E-state index is 13.0. The Bertz CT molecular complexity index is 1570. The van der Waals surface area contributed by atoms with Gasteiger partial charge in [0, 0.05) is 32.7 Å². The Morgan fingerprint density at radius 1 is 0.884 bits per heavy atom. The number of hydrogen-bond donors (Lipinski definition) is 2. The standard InChI is InChI=1S/C26H23F3N4O3.C2HF3O2/c27-26(28,29)19-6-4-8-21(16-19)35-20-7-3-5-18(15-20)17-32-11-13-33(14-12-32)25(34)30-24-22-9-1-2-10-23(22)36-31-24;3-2(4,5)1(6)7/h1-10,15-16H,11-14,17H2,(H,30,31,34);(H,6,7). The second-order valence-corrected chi connectivity index (χ2v) is 9.30. The van der Waals surface area contributed by atoms with E-state index in [0.29, 0.717) is 49.9 Å². The summed E-state index contributed by atoms with van der Waals surface area (Å²) in [6, 6.07) is 19.2. The minimum Gasteiger partial charge on any atom is -0.475 e. The lowest BCUT2D eigenvalue weighted by atomic mass is 10.2. The molecule has 228 valence electrons. The number of carbonyl (C=O) groups is 2. The molecule has 43 heavy (non-hydrogen) atoms. The van der Waals surface area contributed by atoms with Crippen LogP contribution >= 0.6 is 0 Å². The Morgan fingerprint density at radius 3 is 2.16 bits per heavy atom. The van der Waals surface area contributed by atoms with Crippen molar-refractivity contribution in [3.05, 3.63) is 83.9 Å². The molecule has 1 aliphatic heterocycles. The summed E-state index contributed by atoms with van der Waals surface area (Å²) in [5.74, 6) is -1.77. The Hall–Kier alpha value is -4.79. The summed E-state index contributed by atoms with van der Waals surface area (Å²) in [5, 5.41) is 14.6. The number of fused-ring (bicyclic) bond motifs is 1. The molecule has 15 heteroatoms. The quantitative estimate of drug-likeness (QED) is 0.245. The van der Waals surface area contributed by atoms with Crippen molar-refractivity contribution in [2.45, 2.75) is 18.9 Å². The van der Waals surface area contributed by atoms with E-state index in [1.165, 1.54) is 12.1 Å². The van der Waals surface area contributed by atoms with Crippen molar-refractivity contribution in [1.29, 1.82) is 0 Å². The Labute approximate surface area is 240 Å². The number of carboxylic acids is 1. The number of urea groups is 1. The number of ether oxygens (including phenoxy) is 1. The Balaban J connectivity index is 0.000000541. The molecule has 0 radical (unpaired) electrons. The molecule has 0 saturated carbocycles. The number of carboxylic acid groups (broad SMARTS) is 1. The van der Waals surface area contributed by atoms with Crippen LogP contribution in [0.25, 0.3) is 11.0 Å². The number of nitrogens with zero attached hydrogens (tertiary/aromatic N) is 3. The second-order valence-electron chi connectivity index (χ2n) is 9.30. The van der Waals surface area contributed by atoms with Gasteiger partial charge in [-0.15, -0.1) is 0 Å². The average Bonchev–Trinajstić information content (AvgIpc) is 3.36. The van der Waals surface area contributed by atoms with Crippen LogP contribution in [0.2, 0.25) is 0 Å². The van der Waals surface area contributed by atoms with Crippen LogP contribution in [0.3, 0.4) is 0 Å². The number of alkyl halides is 6. The van der Waals surface area contributed by atoms with Gasteiger partial charge in [-0.05, 0) is 48.0 Å². The monoisotopic (exact) mass is 610 g/mol. The topological polar surface area (TPSA) is 108 Å². The van der Waals surface area contributed by atoms with Gasteiger partial charge in [0.05, 0.1) is 10.9 Å². The highest BCUT2D eigenvalue weighted by molar-refractivity contribution is 5.98. The summed E-state index contributed by atoms with van der Waals surface area (Å²) < 4.78 is 81.6. The maximum absolute atomic E-state index is 13.0. The van der Waals surface area contributed by atoms with Crippen LogP contribution in [-0.2, 0) is 17.5 Å². The lowest BCUT2D eigenvalue weighted by molar-refractivity contribution is -0.192. The molecular formula is C28H24F6N4O5. The first-order valence-electron chi connectivity index (χ1n) is 12.7. The first kappa shape index (κ1) is 31.2. The third-order valence-corrected chi connectivity index (χ3v) is 6.21. The van der Waals surface area contributed by atoms with Crippen LogP contribution in [0.4, 0.5) is 37.0 Å². The smallest absolute Gasteiger partial charge is 0.475 e. The van der Waals surface area contributed by atoms with E-state index >= 15 is 0 Å². The van der Waals surface area contributed by atoms with Crippen LogP contribution in [0.5, 0.6) is 11.5 Å². The van der Waals surface area contributed by atoms with Gasteiger partial charge >= 0.3 is 24.4 Å². The molecule has 2 N–H and O–H groups in total. The summed E-state index contributed by atoms with van der Waals surface area (Å²) >= 11 is 0. The minimum atomic E-state index is -5.08. The predicted octanol–water partition coefficient (Wildman–Crippen LogP) is 6.62. The number of anilines is 1. The summed E-state index contributed by atoms with van der Waals surface area (Å²) in [4.78, 5) is 25.5. The van der Waals surface area contributed by atoms with Gasteiger partial charge in [0.15, 0.2) is 11.4 Å². The molecule has 1 fully saturated rings. The zero-order valence-electron chi connectivity index (χ0n) is 22.2. The van der Waals surface area contributed by atoms with Crippen LogP contribution < -0.4 is 10.1 Å². The number of nitrogens with one attached hydrogen (secondary N) is 1. The van der Waals surface area contributed by atoms with E-state index in [4.69, 9.17) is 19.2 Å². The number of piperazine rings is 1. The Kier molecular flexibility index (Phi) is 9.43. The number of benzene rings is 3. The second kappa shape index (κ2) is 13.0. The molecule has 1 aromatic heterocycles. The van der Waals surface area contributed by atoms with E-state index in [9.17, 15) is 31.1 Å². The molecule has 5 rings (SSSR count). The van der Waals surface area contributed by atoms with Gasteiger partial charge in [0.25, 0.3) is 0 Å². The highest BCUT2D eigenvalue weighted by Crippen LogP contribution is 2.33. The Morgan fingerprint density at radius 2 is 1.51 bits per heavy atom. The van der Waals surface area contributed by atoms with E-state index in [1.807, 2.05) is 36.4 Å². The van der Waals surface area contributed by atoms with Crippen LogP contribution in [0, 0.1) is 0 Å². The SMILES string of the molecule is O=C(Nc1noc2ccccc12)N1CCN(Cc2cccc(Oc3cccc(C(F)(F)F)c3)c2)CC1.O=C(O)C(F)(F)F. The van der Waals surface area contributed by atoms with E-state index < -0.39 is 23.9 Å². The third-order valence-electron chi connectivity index (χ3n) is 6.21. The number of aromatic nitrogens is 1. The number of amides is 2. The van der Waals surface area contributed by atoms with E-state index in [2.05, 4.69) is 15.4 Å². The molecule has 4 aromatic rings. The van der Waals surface area contributed by atoms with Gasteiger partial charge < -0.3 is 19.3 Å². The maximum Gasteiger partial charge on any atom is 0.490 e. The lowest BCUT2D eigenvalue weighted by Crippen LogP contribution is -2.49. The third kappa shape index (κ3) is 8.61. The zero-order chi connectivity index (χ0) is 31.2. The first-order chi connectivity index (χ1) is 20.3. The summed E-state index contributed by atoms with van der Waals surface area (Å²) in [7, 11) is 0. The summed E-state index contributed by atoms with van der Waals surface area (Å²) in [5.41, 5.74) is 0.818. The summed E-state index contributed by atoms with van der Waals surface area (Å²) in [6.07, 6.45) is -9.51. The van der Waals surface area contributed by atoms with Crippen LogP contribution in [0.15, 0.2) is 77.3 Å². The van der Waals surface area contributed by atoms with E-state index in [1.54, 1.807) is 17.0 Å². The molecule has 1 aliphatic rings. The van der Waals surface area contributed by atoms with E-state index in [-0.39, 0.29) is 11.8 Å². The fourth-order valence-corrected chi connectivity index (χ4v) is 4.10. The molecule has 2 heterocycles. The molecule has 9 nitrogen and oxygen atoms in total. The minimum absolute atomic E-state index is 0.126. The molecule has 0 aliphatic carbocycles.